The zero-order valence-corrected chi connectivity index (χ0v) is 19.1. The van der Waals surface area contributed by atoms with E-state index in [9.17, 15) is 8.78 Å². The fraction of sp³-hybridized carbons (Fsp3) is 1.00. The predicted octanol–water partition coefficient (Wildman–Crippen LogP) is 7.11. The lowest BCUT2D eigenvalue weighted by Crippen LogP contribution is -2.33. The van der Waals surface area contributed by atoms with E-state index in [4.69, 9.17) is 4.74 Å². The first-order valence-electron chi connectivity index (χ1n) is 10.7. The van der Waals surface area contributed by atoms with E-state index >= 15 is 0 Å². The third-order valence-corrected chi connectivity index (χ3v) is 5.68. The summed E-state index contributed by atoms with van der Waals surface area (Å²) in [7, 11) is 1.32. The summed E-state index contributed by atoms with van der Waals surface area (Å²) >= 11 is 0. The van der Waals surface area contributed by atoms with Crippen molar-refractivity contribution in [2.24, 2.45) is 22.7 Å². The summed E-state index contributed by atoms with van der Waals surface area (Å²) in [6.45, 7) is 15.9. The van der Waals surface area contributed by atoms with Crippen LogP contribution in [0.15, 0.2) is 0 Å². The first-order valence-corrected chi connectivity index (χ1v) is 10.7. The molecule has 0 spiro atoms. The highest BCUT2D eigenvalue weighted by molar-refractivity contribution is 4.88. The quantitative estimate of drug-likeness (QED) is 0.333. The Labute approximate surface area is 166 Å². The molecule has 0 saturated heterocycles. The largest absolute Gasteiger partial charge is 0.378 e. The second-order valence-electron chi connectivity index (χ2n) is 11.4. The summed E-state index contributed by atoms with van der Waals surface area (Å²) in [6.07, 6.45) is 5.94. The van der Waals surface area contributed by atoms with E-state index in [1.165, 1.54) is 26.4 Å². The van der Waals surface area contributed by atoms with Gasteiger partial charge in [0, 0.05) is 13.5 Å². The highest BCUT2D eigenvalue weighted by Gasteiger charge is 2.39. The van der Waals surface area contributed by atoms with Crippen LogP contribution < -0.4 is 0 Å². The van der Waals surface area contributed by atoms with Crippen molar-refractivity contribution >= 4 is 0 Å². The molecule has 2 nitrogen and oxygen atoms in total. The van der Waals surface area contributed by atoms with Crippen LogP contribution >= 0.6 is 0 Å². The first kappa shape index (κ1) is 24.8. The number of rotatable bonds is 13. The average Bonchev–Trinajstić information content (AvgIpc) is 3.19. The Morgan fingerprint density at radius 2 is 1.52 bits per heavy atom. The molecule has 0 aromatic heterocycles. The summed E-state index contributed by atoms with van der Waals surface area (Å²) in [4.78, 5) is 0. The minimum atomic E-state index is -2.72. The van der Waals surface area contributed by atoms with E-state index in [0.717, 1.165) is 25.4 Å². The molecule has 2 unspecified atom stereocenters. The third kappa shape index (κ3) is 11.4. The van der Waals surface area contributed by atoms with E-state index < -0.39 is 12.5 Å². The van der Waals surface area contributed by atoms with Gasteiger partial charge in [-0.15, -0.1) is 0 Å². The van der Waals surface area contributed by atoms with Crippen molar-refractivity contribution in [3.63, 3.8) is 0 Å². The smallest absolute Gasteiger partial charge is 0.270 e. The second kappa shape index (κ2) is 9.52. The highest BCUT2D eigenvalue weighted by atomic mass is 19.3. The van der Waals surface area contributed by atoms with E-state index in [-0.39, 0.29) is 17.4 Å². The zero-order chi connectivity index (χ0) is 20.9. The Hall–Kier alpha value is -0.220. The van der Waals surface area contributed by atoms with Crippen molar-refractivity contribution in [3.05, 3.63) is 0 Å². The van der Waals surface area contributed by atoms with E-state index in [2.05, 4.69) is 53.2 Å². The van der Waals surface area contributed by atoms with Crippen molar-refractivity contribution in [1.29, 1.82) is 0 Å². The Kier molecular flexibility index (Phi) is 8.75. The molecule has 1 saturated carbocycles. The first-order chi connectivity index (χ1) is 12.1. The second-order valence-corrected chi connectivity index (χ2v) is 11.4. The number of alkyl halides is 2. The van der Waals surface area contributed by atoms with Gasteiger partial charge in [0.15, 0.2) is 0 Å². The number of halogens is 2. The van der Waals surface area contributed by atoms with Crippen LogP contribution in [0.3, 0.4) is 0 Å². The summed E-state index contributed by atoms with van der Waals surface area (Å²) in [5.74, 6) is -1.18. The van der Waals surface area contributed by atoms with Gasteiger partial charge >= 0.3 is 0 Å². The zero-order valence-electron chi connectivity index (χ0n) is 19.1. The Bertz CT molecular complexity index is 438. The lowest BCUT2D eigenvalue weighted by Gasteiger charge is -2.35. The lowest BCUT2D eigenvalue weighted by atomic mass is 9.77. The van der Waals surface area contributed by atoms with Crippen LogP contribution in [0, 0.1) is 22.7 Å². The summed E-state index contributed by atoms with van der Waals surface area (Å²) in [5.41, 5.74) is 0.189. The Morgan fingerprint density at radius 3 is 2.07 bits per heavy atom. The fourth-order valence-corrected chi connectivity index (χ4v) is 4.22. The molecular weight excluding hydrogens is 346 g/mol. The van der Waals surface area contributed by atoms with Gasteiger partial charge in [0.1, 0.15) is 6.61 Å². The minimum absolute atomic E-state index is 0.0121. The minimum Gasteiger partial charge on any atom is -0.378 e. The number of hydrogen-bond donors (Lipinski definition) is 0. The predicted molar refractivity (Wildman–Crippen MR) is 109 cm³/mol. The fourth-order valence-electron chi connectivity index (χ4n) is 4.22. The molecule has 162 valence electrons. The standard InChI is InChI=1S/C23H44F2O2/c1-20(2,3)13-10-18-14-19(18)15-27-22(6,7)16-21(4,5)11-9-12-23(24,25)17-26-8/h18-19H,9-17H2,1-8H3. The molecule has 2 atom stereocenters. The number of hydrogen-bond acceptors (Lipinski definition) is 2. The molecular formula is C23H44F2O2. The number of ether oxygens (including phenoxy) is 2. The van der Waals surface area contributed by atoms with Gasteiger partial charge in [0.05, 0.1) is 12.2 Å². The molecule has 0 bridgehead atoms. The molecule has 0 aromatic rings. The molecule has 0 N–H and O–H groups in total. The maximum atomic E-state index is 13.6. The maximum Gasteiger partial charge on any atom is 0.270 e. The van der Waals surface area contributed by atoms with E-state index in [0.29, 0.717) is 17.8 Å². The van der Waals surface area contributed by atoms with Gasteiger partial charge in [0.25, 0.3) is 5.92 Å². The molecule has 0 amide bonds. The van der Waals surface area contributed by atoms with E-state index in [1.807, 2.05) is 0 Å². The molecule has 1 rings (SSSR count). The van der Waals surface area contributed by atoms with Crippen LogP contribution in [0.5, 0.6) is 0 Å². The van der Waals surface area contributed by atoms with Gasteiger partial charge in [-0.25, -0.2) is 8.78 Å². The van der Waals surface area contributed by atoms with Crippen LogP contribution in [0.4, 0.5) is 8.78 Å². The van der Waals surface area contributed by atoms with Crippen LogP contribution in [0.1, 0.15) is 93.4 Å². The molecule has 0 aliphatic heterocycles. The monoisotopic (exact) mass is 390 g/mol. The van der Waals surface area contributed by atoms with Gasteiger partial charge in [0.2, 0.25) is 0 Å². The van der Waals surface area contributed by atoms with Crippen molar-refractivity contribution in [3.8, 4) is 0 Å². The summed E-state index contributed by atoms with van der Waals surface area (Å²) in [5, 5.41) is 0. The number of methoxy groups -OCH3 is 1. The molecule has 0 heterocycles. The topological polar surface area (TPSA) is 18.5 Å². The van der Waals surface area contributed by atoms with Crippen molar-refractivity contribution in [1.82, 2.24) is 0 Å². The Balaban J connectivity index is 2.30. The normalized spacial score (nSPS) is 21.6. The van der Waals surface area contributed by atoms with Crippen molar-refractivity contribution in [2.75, 3.05) is 20.3 Å². The Morgan fingerprint density at radius 1 is 0.889 bits per heavy atom. The van der Waals surface area contributed by atoms with Gasteiger partial charge in [-0.05, 0) is 75.0 Å². The third-order valence-electron chi connectivity index (χ3n) is 5.68. The van der Waals surface area contributed by atoms with Gasteiger partial charge in [-0.1, -0.05) is 34.6 Å². The van der Waals surface area contributed by atoms with E-state index in [1.54, 1.807) is 0 Å². The molecule has 4 heteroatoms. The summed E-state index contributed by atoms with van der Waals surface area (Å²) in [6, 6.07) is 0. The summed E-state index contributed by atoms with van der Waals surface area (Å²) < 4.78 is 38.0. The molecule has 1 aliphatic carbocycles. The lowest BCUT2D eigenvalue weighted by molar-refractivity contribution is -0.0754. The van der Waals surface area contributed by atoms with Crippen LogP contribution in [-0.4, -0.2) is 31.8 Å². The van der Waals surface area contributed by atoms with Crippen LogP contribution in [0.25, 0.3) is 0 Å². The van der Waals surface area contributed by atoms with Crippen LogP contribution in [0.2, 0.25) is 0 Å². The van der Waals surface area contributed by atoms with Crippen molar-refractivity contribution in [2.45, 2.75) is 105 Å². The van der Waals surface area contributed by atoms with Gasteiger partial charge in [-0.3, -0.25) is 0 Å². The highest BCUT2D eigenvalue weighted by Crippen LogP contribution is 2.45. The molecule has 1 aliphatic rings. The average molecular weight is 391 g/mol. The molecule has 1 fully saturated rings. The van der Waals surface area contributed by atoms with Crippen molar-refractivity contribution < 1.29 is 18.3 Å². The van der Waals surface area contributed by atoms with Gasteiger partial charge in [-0.2, -0.15) is 0 Å². The van der Waals surface area contributed by atoms with Gasteiger partial charge < -0.3 is 9.47 Å². The molecule has 0 radical (unpaired) electrons. The SMILES string of the molecule is COCC(F)(F)CCCC(C)(C)CC(C)(C)OCC1CC1CCC(C)(C)C. The molecule has 0 aromatic carbocycles. The molecule has 27 heavy (non-hydrogen) atoms. The van der Waals surface area contributed by atoms with Crippen LogP contribution in [-0.2, 0) is 9.47 Å². The maximum absolute atomic E-state index is 13.6.